The van der Waals surface area contributed by atoms with E-state index in [0.717, 1.165) is 21.7 Å². The number of sulfonamides is 1. The molecule has 1 aromatic rings. The average molecular weight is 431 g/mol. The van der Waals surface area contributed by atoms with Crippen LogP contribution in [0.5, 0.6) is 0 Å². The molecular weight excluding hydrogens is 408 g/mol. The zero-order valence-corrected chi connectivity index (χ0v) is 17.0. The van der Waals surface area contributed by atoms with Crippen molar-refractivity contribution in [3.05, 3.63) is 35.4 Å². The van der Waals surface area contributed by atoms with Crippen LogP contribution in [0.25, 0.3) is 0 Å². The van der Waals surface area contributed by atoms with Crippen LogP contribution in [0.15, 0.2) is 24.3 Å². The van der Waals surface area contributed by atoms with Crippen LogP contribution in [0.2, 0.25) is 0 Å². The molecule has 0 aliphatic carbocycles. The van der Waals surface area contributed by atoms with Crippen LogP contribution in [-0.2, 0) is 47.2 Å². The van der Waals surface area contributed by atoms with Gasteiger partial charge in [0, 0.05) is 19.0 Å². The lowest BCUT2D eigenvalue weighted by Gasteiger charge is -2.33. The number of sulfone groups is 1. The lowest BCUT2D eigenvalue weighted by Crippen LogP contribution is -2.49. The summed E-state index contributed by atoms with van der Waals surface area (Å²) in [5.74, 6) is -1.54. The number of carbonyl (C=O) groups excluding carboxylic acids is 2. The Kier molecular flexibility index (Phi) is 5.78. The van der Waals surface area contributed by atoms with E-state index in [4.69, 9.17) is 4.74 Å². The summed E-state index contributed by atoms with van der Waals surface area (Å²) in [6, 6.07) is 5.68. The van der Waals surface area contributed by atoms with E-state index in [2.05, 4.69) is 5.32 Å². The van der Waals surface area contributed by atoms with Crippen LogP contribution < -0.4 is 5.32 Å². The maximum atomic E-state index is 12.5. The van der Waals surface area contributed by atoms with E-state index in [9.17, 15) is 26.4 Å². The van der Waals surface area contributed by atoms with Gasteiger partial charge in [-0.05, 0) is 17.5 Å². The Morgan fingerprint density at radius 1 is 1.25 bits per heavy atom. The van der Waals surface area contributed by atoms with Crippen LogP contribution in [0.1, 0.15) is 17.5 Å². The lowest BCUT2D eigenvalue weighted by molar-refractivity contribution is -0.152. The molecule has 2 aliphatic rings. The van der Waals surface area contributed by atoms with Crippen molar-refractivity contribution in [3.63, 3.8) is 0 Å². The summed E-state index contributed by atoms with van der Waals surface area (Å²) in [4.78, 5) is 24.5. The van der Waals surface area contributed by atoms with Gasteiger partial charge in [0.25, 0.3) is 5.91 Å². The van der Waals surface area contributed by atoms with Crippen molar-refractivity contribution < 1.29 is 31.2 Å². The number of ether oxygens (including phenoxy) is 1. The van der Waals surface area contributed by atoms with Gasteiger partial charge < -0.3 is 10.1 Å². The number of benzene rings is 1. The molecule has 0 spiro atoms. The van der Waals surface area contributed by atoms with Gasteiger partial charge in [-0.15, -0.1) is 0 Å². The average Bonchev–Trinajstić information content (AvgIpc) is 2.96. The Hall–Kier alpha value is -1.98. The van der Waals surface area contributed by atoms with Crippen LogP contribution in [-0.4, -0.2) is 69.5 Å². The highest BCUT2D eigenvalue weighted by Crippen LogP contribution is 2.26. The van der Waals surface area contributed by atoms with Crippen LogP contribution in [0, 0.1) is 0 Å². The van der Waals surface area contributed by atoms with Crippen LogP contribution >= 0.6 is 0 Å². The Bertz CT molecular complexity index is 989. The van der Waals surface area contributed by atoms with Crippen molar-refractivity contribution in [2.45, 2.75) is 31.5 Å². The summed E-state index contributed by atoms with van der Waals surface area (Å²) in [5.41, 5.74) is 1.67. The highest BCUT2D eigenvalue weighted by atomic mass is 32.2. The molecule has 154 valence electrons. The molecule has 0 saturated carbocycles. The van der Waals surface area contributed by atoms with Crippen molar-refractivity contribution in [1.82, 2.24) is 9.62 Å². The molecule has 0 bridgehead atoms. The van der Waals surface area contributed by atoms with E-state index >= 15 is 0 Å². The minimum atomic E-state index is -3.67. The molecule has 0 unspecified atom stereocenters. The number of fused-ring (bicyclic) bond motifs is 1. The molecule has 1 amide bonds. The van der Waals surface area contributed by atoms with Gasteiger partial charge in [0.2, 0.25) is 10.0 Å². The number of esters is 1. The normalized spacial score (nSPS) is 24.3. The molecule has 0 radical (unpaired) electrons. The van der Waals surface area contributed by atoms with Gasteiger partial charge in [-0.25, -0.2) is 16.8 Å². The molecular formula is C17H22N2O7S2. The van der Waals surface area contributed by atoms with Crippen molar-refractivity contribution in [2.24, 2.45) is 0 Å². The molecule has 11 heteroatoms. The zero-order chi connectivity index (χ0) is 20.5. The second-order valence-corrected chi connectivity index (χ2v) is 11.2. The maximum absolute atomic E-state index is 12.5. The maximum Gasteiger partial charge on any atom is 0.325 e. The minimum absolute atomic E-state index is 0.0164. The van der Waals surface area contributed by atoms with Crippen molar-refractivity contribution >= 4 is 31.7 Å². The zero-order valence-electron chi connectivity index (χ0n) is 15.3. The van der Waals surface area contributed by atoms with E-state index in [-0.39, 0.29) is 24.5 Å². The SMILES string of the molecule is CS(=O)(=O)N1Cc2ccccc2C[C@@H]1C(=O)OCC(=O)N[C@H]1CCS(=O)(=O)C1. The monoisotopic (exact) mass is 430 g/mol. The molecule has 1 aromatic carbocycles. The number of carbonyl (C=O) groups is 2. The number of rotatable bonds is 5. The molecule has 2 heterocycles. The summed E-state index contributed by atoms with van der Waals surface area (Å²) in [6.45, 7) is -0.536. The molecule has 9 nitrogen and oxygen atoms in total. The second kappa shape index (κ2) is 7.80. The van der Waals surface area contributed by atoms with Gasteiger partial charge in [0.15, 0.2) is 16.4 Å². The largest absolute Gasteiger partial charge is 0.454 e. The number of nitrogens with zero attached hydrogens (tertiary/aromatic N) is 1. The predicted molar refractivity (Wildman–Crippen MR) is 100 cm³/mol. The van der Waals surface area contributed by atoms with Crippen LogP contribution in [0.4, 0.5) is 0 Å². The molecule has 2 atom stereocenters. The molecule has 3 rings (SSSR count). The molecule has 1 fully saturated rings. The number of nitrogens with one attached hydrogen (secondary N) is 1. The van der Waals surface area contributed by atoms with Gasteiger partial charge in [-0.3, -0.25) is 9.59 Å². The fourth-order valence-corrected chi connectivity index (χ4v) is 6.13. The highest BCUT2D eigenvalue weighted by Gasteiger charge is 2.38. The van der Waals surface area contributed by atoms with Gasteiger partial charge >= 0.3 is 5.97 Å². The third-order valence-electron chi connectivity index (χ3n) is 4.85. The fraction of sp³-hybridized carbons (Fsp3) is 0.529. The van der Waals surface area contributed by atoms with Gasteiger partial charge in [-0.2, -0.15) is 4.31 Å². The topological polar surface area (TPSA) is 127 Å². The summed E-state index contributed by atoms with van der Waals surface area (Å²) in [5, 5.41) is 2.52. The van der Waals surface area contributed by atoms with Crippen molar-refractivity contribution in [1.29, 1.82) is 0 Å². The first-order valence-electron chi connectivity index (χ1n) is 8.75. The highest BCUT2D eigenvalue weighted by molar-refractivity contribution is 7.91. The van der Waals surface area contributed by atoms with E-state index < -0.39 is 50.4 Å². The first-order valence-corrected chi connectivity index (χ1v) is 12.4. The standard InChI is InChI=1S/C17H22N2O7S2/c1-27(22,23)19-9-13-5-3-2-4-12(13)8-15(19)17(21)26-10-16(20)18-14-6-7-28(24,25)11-14/h2-5,14-15H,6-11H2,1H3,(H,18,20)/t14-,15+/m0/s1. The van der Waals surface area contributed by atoms with Crippen LogP contribution in [0.3, 0.4) is 0 Å². The number of hydrogen-bond donors (Lipinski definition) is 1. The Balaban J connectivity index is 1.63. The first kappa shape index (κ1) is 20.7. The molecule has 1 saturated heterocycles. The second-order valence-electron chi connectivity index (χ2n) is 7.07. The first-order chi connectivity index (χ1) is 13.0. The smallest absolute Gasteiger partial charge is 0.325 e. The van der Waals surface area contributed by atoms with E-state index in [0.29, 0.717) is 6.42 Å². The third-order valence-corrected chi connectivity index (χ3v) is 7.85. The van der Waals surface area contributed by atoms with Crippen molar-refractivity contribution in [3.8, 4) is 0 Å². The molecule has 28 heavy (non-hydrogen) atoms. The fourth-order valence-electron chi connectivity index (χ4n) is 3.46. The minimum Gasteiger partial charge on any atom is -0.454 e. The van der Waals surface area contributed by atoms with E-state index in [1.54, 1.807) is 18.2 Å². The van der Waals surface area contributed by atoms with Gasteiger partial charge in [0.05, 0.1) is 17.8 Å². The summed E-state index contributed by atoms with van der Waals surface area (Å²) < 4.78 is 53.2. The number of hydrogen-bond acceptors (Lipinski definition) is 7. The van der Waals surface area contributed by atoms with E-state index in [1.165, 1.54) is 0 Å². The predicted octanol–water partition coefficient (Wildman–Crippen LogP) is -0.781. The summed E-state index contributed by atoms with van der Waals surface area (Å²) in [6.07, 6.45) is 1.50. The molecule has 0 aromatic heterocycles. The van der Waals surface area contributed by atoms with Gasteiger partial charge in [-0.1, -0.05) is 24.3 Å². The summed E-state index contributed by atoms with van der Waals surface area (Å²) >= 11 is 0. The Morgan fingerprint density at radius 2 is 1.93 bits per heavy atom. The quantitative estimate of drug-likeness (QED) is 0.607. The lowest BCUT2D eigenvalue weighted by atomic mass is 9.96. The Morgan fingerprint density at radius 3 is 2.54 bits per heavy atom. The van der Waals surface area contributed by atoms with Gasteiger partial charge in [0.1, 0.15) is 6.04 Å². The Labute approximate surface area is 164 Å². The summed E-state index contributed by atoms with van der Waals surface area (Å²) in [7, 11) is -6.81. The molecule has 1 N–H and O–H groups in total. The third kappa shape index (κ3) is 4.89. The molecule has 2 aliphatic heterocycles. The number of amides is 1. The van der Waals surface area contributed by atoms with Crippen molar-refractivity contribution in [2.75, 3.05) is 24.4 Å². The van der Waals surface area contributed by atoms with E-state index in [1.807, 2.05) is 6.07 Å².